The average molecular weight is 266 g/mol. The minimum absolute atomic E-state index is 0.0453. The third kappa shape index (κ3) is 3.46. The Balaban J connectivity index is 2.04. The summed E-state index contributed by atoms with van der Waals surface area (Å²) in [5, 5.41) is 8.78. The van der Waals surface area contributed by atoms with Crippen LogP contribution in [0.4, 0.5) is 4.39 Å². The molecule has 0 spiro atoms. The van der Waals surface area contributed by atoms with E-state index in [0.717, 1.165) is 31.7 Å². The fourth-order valence-corrected chi connectivity index (χ4v) is 2.63. The lowest BCUT2D eigenvalue weighted by Gasteiger charge is -2.29. The molecule has 2 unspecified atom stereocenters. The van der Waals surface area contributed by atoms with Gasteiger partial charge in [0.1, 0.15) is 0 Å². The first-order chi connectivity index (χ1) is 9.10. The van der Waals surface area contributed by atoms with Crippen LogP contribution < -0.4 is 4.74 Å². The summed E-state index contributed by atoms with van der Waals surface area (Å²) < 4.78 is 19.4. The van der Waals surface area contributed by atoms with Gasteiger partial charge in [-0.2, -0.15) is 0 Å². The highest BCUT2D eigenvalue weighted by atomic mass is 19.1. The summed E-state index contributed by atoms with van der Waals surface area (Å²) in [5.41, 5.74) is -0.0556. The SMILES string of the molecule is CCC1CCCC(Oc2ccc(C(=O)O)cc2F)C1. The summed E-state index contributed by atoms with van der Waals surface area (Å²) in [6.45, 7) is 2.16. The van der Waals surface area contributed by atoms with E-state index in [1.807, 2.05) is 0 Å². The molecule has 0 saturated heterocycles. The Bertz CT molecular complexity index is 459. The number of aromatic carboxylic acids is 1. The van der Waals surface area contributed by atoms with Gasteiger partial charge >= 0.3 is 5.97 Å². The van der Waals surface area contributed by atoms with Crippen molar-refractivity contribution in [2.45, 2.75) is 45.1 Å². The number of hydrogen-bond acceptors (Lipinski definition) is 2. The first-order valence-corrected chi connectivity index (χ1v) is 6.79. The van der Waals surface area contributed by atoms with Crippen molar-refractivity contribution in [1.29, 1.82) is 0 Å². The minimum Gasteiger partial charge on any atom is -0.487 e. The van der Waals surface area contributed by atoms with Gasteiger partial charge in [0, 0.05) is 0 Å². The van der Waals surface area contributed by atoms with Crippen LogP contribution in [-0.4, -0.2) is 17.2 Å². The van der Waals surface area contributed by atoms with Crippen LogP contribution in [0.1, 0.15) is 49.4 Å². The van der Waals surface area contributed by atoms with Crippen LogP contribution in [0.5, 0.6) is 5.75 Å². The normalized spacial score (nSPS) is 23.1. The lowest BCUT2D eigenvalue weighted by molar-refractivity contribution is 0.0696. The van der Waals surface area contributed by atoms with E-state index in [2.05, 4.69) is 6.92 Å². The van der Waals surface area contributed by atoms with Crippen molar-refractivity contribution in [2.75, 3.05) is 0 Å². The minimum atomic E-state index is -1.13. The van der Waals surface area contributed by atoms with Crippen LogP contribution in [0.2, 0.25) is 0 Å². The Morgan fingerprint density at radius 1 is 1.47 bits per heavy atom. The molecule has 0 heterocycles. The highest BCUT2D eigenvalue weighted by molar-refractivity contribution is 5.87. The van der Waals surface area contributed by atoms with Crippen LogP contribution in [-0.2, 0) is 0 Å². The van der Waals surface area contributed by atoms with Crippen molar-refractivity contribution in [3.8, 4) is 5.75 Å². The Morgan fingerprint density at radius 3 is 2.89 bits per heavy atom. The van der Waals surface area contributed by atoms with Gasteiger partial charge in [0.2, 0.25) is 0 Å². The van der Waals surface area contributed by atoms with E-state index >= 15 is 0 Å². The predicted molar refractivity (Wildman–Crippen MR) is 70.0 cm³/mol. The molecule has 1 aromatic rings. The van der Waals surface area contributed by atoms with Crippen molar-refractivity contribution in [3.05, 3.63) is 29.6 Å². The highest BCUT2D eigenvalue weighted by Crippen LogP contribution is 2.30. The van der Waals surface area contributed by atoms with Gasteiger partial charge in [0.25, 0.3) is 0 Å². The summed E-state index contributed by atoms with van der Waals surface area (Å²) in [4.78, 5) is 10.7. The van der Waals surface area contributed by atoms with Gasteiger partial charge in [0.05, 0.1) is 11.7 Å². The Labute approximate surface area is 112 Å². The van der Waals surface area contributed by atoms with E-state index in [1.165, 1.54) is 18.6 Å². The number of rotatable bonds is 4. The second kappa shape index (κ2) is 6.04. The van der Waals surface area contributed by atoms with Crippen LogP contribution in [0.15, 0.2) is 18.2 Å². The molecule has 1 aliphatic carbocycles. The first kappa shape index (κ1) is 13.8. The van der Waals surface area contributed by atoms with Gasteiger partial charge in [-0.15, -0.1) is 0 Å². The van der Waals surface area contributed by atoms with Gasteiger partial charge in [-0.1, -0.05) is 19.8 Å². The van der Waals surface area contributed by atoms with Crippen LogP contribution >= 0.6 is 0 Å². The van der Waals surface area contributed by atoms with Crippen molar-refractivity contribution >= 4 is 5.97 Å². The number of hydrogen-bond donors (Lipinski definition) is 1. The molecule has 19 heavy (non-hydrogen) atoms. The molecule has 1 saturated carbocycles. The van der Waals surface area contributed by atoms with E-state index in [4.69, 9.17) is 9.84 Å². The molecular formula is C15H19FO3. The summed E-state index contributed by atoms with van der Waals surface area (Å²) >= 11 is 0. The molecule has 1 aromatic carbocycles. The molecule has 104 valence electrons. The van der Waals surface area contributed by atoms with Crippen molar-refractivity contribution in [2.24, 2.45) is 5.92 Å². The first-order valence-electron chi connectivity index (χ1n) is 6.79. The number of halogens is 1. The van der Waals surface area contributed by atoms with Gasteiger partial charge in [-0.25, -0.2) is 9.18 Å². The van der Waals surface area contributed by atoms with Crippen LogP contribution in [0, 0.1) is 11.7 Å². The molecule has 4 heteroatoms. The highest BCUT2D eigenvalue weighted by Gasteiger charge is 2.23. The molecule has 0 radical (unpaired) electrons. The smallest absolute Gasteiger partial charge is 0.335 e. The van der Waals surface area contributed by atoms with Gasteiger partial charge in [0.15, 0.2) is 11.6 Å². The number of ether oxygens (including phenoxy) is 1. The van der Waals surface area contributed by atoms with Crippen molar-refractivity contribution < 1.29 is 19.0 Å². The van der Waals surface area contributed by atoms with Gasteiger partial charge in [-0.3, -0.25) is 0 Å². The summed E-state index contributed by atoms with van der Waals surface area (Å²) in [7, 11) is 0. The molecular weight excluding hydrogens is 247 g/mol. The Morgan fingerprint density at radius 2 is 2.26 bits per heavy atom. The Hall–Kier alpha value is -1.58. The fourth-order valence-electron chi connectivity index (χ4n) is 2.63. The fraction of sp³-hybridized carbons (Fsp3) is 0.533. The lowest BCUT2D eigenvalue weighted by atomic mass is 9.85. The lowest BCUT2D eigenvalue weighted by Crippen LogP contribution is -2.25. The second-order valence-electron chi connectivity index (χ2n) is 5.13. The molecule has 0 amide bonds. The van der Waals surface area contributed by atoms with Crippen LogP contribution in [0.3, 0.4) is 0 Å². The molecule has 0 aromatic heterocycles. The molecule has 2 atom stereocenters. The standard InChI is InChI=1S/C15H19FO3/c1-2-10-4-3-5-12(8-10)19-14-7-6-11(15(17)18)9-13(14)16/h6-7,9-10,12H,2-5,8H2,1H3,(H,17,18). The van der Waals surface area contributed by atoms with Gasteiger partial charge < -0.3 is 9.84 Å². The molecule has 3 nitrogen and oxygen atoms in total. The quantitative estimate of drug-likeness (QED) is 0.899. The van der Waals surface area contributed by atoms with Crippen molar-refractivity contribution in [3.63, 3.8) is 0 Å². The molecule has 0 aliphatic heterocycles. The average Bonchev–Trinajstić information content (AvgIpc) is 2.41. The molecule has 1 fully saturated rings. The number of carbonyl (C=O) groups is 1. The van der Waals surface area contributed by atoms with Crippen LogP contribution in [0.25, 0.3) is 0 Å². The van der Waals surface area contributed by atoms with Crippen molar-refractivity contribution in [1.82, 2.24) is 0 Å². The third-order valence-electron chi connectivity index (χ3n) is 3.78. The summed E-state index contributed by atoms with van der Waals surface area (Å²) in [5.74, 6) is -0.917. The topological polar surface area (TPSA) is 46.5 Å². The zero-order valence-electron chi connectivity index (χ0n) is 11.1. The second-order valence-corrected chi connectivity index (χ2v) is 5.13. The number of benzene rings is 1. The zero-order chi connectivity index (χ0) is 13.8. The maximum absolute atomic E-state index is 13.8. The van der Waals surface area contributed by atoms with E-state index in [9.17, 15) is 9.18 Å². The molecule has 1 aliphatic rings. The maximum atomic E-state index is 13.8. The molecule has 1 N–H and O–H groups in total. The van der Waals surface area contributed by atoms with Gasteiger partial charge in [-0.05, 0) is 43.4 Å². The van der Waals surface area contributed by atoms with E-state index in [1.54, 1.807) is 0 Å². The Kier molecular flexibility index (Phi) is 4.40. The predicted octanol–water partition coefficient (Wildman–Crippen LogP) is 3.87. The van der Waals surface area contributed by atoms with E-state index < -0.39 is 11.8 Å². The summed E-state index contributed by atoms with van der Waals surface area (Å²) in [6.07, 6.45) is 5.39. The van der Waals surface area contributed by atoms with E-state index in [0.29, 0.717) is 5.92 Å². The number of carboxylic acids is 1. The maximum Gasteiger partial charge on any atom is 0.335 e. The zero-order valence-corrected chi connectivity index (χ0v) is 11.1. The largest absolute Gasteiger partial charge is 0.487 e. The molecule has 0 bridgehead atoms. The molecule has 2 rings (SSSR count). The van der Waals surface area contributed by atoms with E-state index in [-0.39, 0.29) is 17.4 Å². The third-order valence-corrected chi connectivity index (χ3v) is 3.78. The summed E-state index contributed by atoms with van der Waals surface area (Å²) in [6, 6.07) is 3.80. The number of carboxylic acid groups (broad SMARTS) is 1. The monoisotopic (exact) mass is 266 g/mol.